The number of benzene rings is 1. The summed E-state index contributed by atoms with van der Waals surface area (Å²) >= 11 is 0. The summed E-state index contributed by atoms with van der Waals surface area (Å²) in [5.74, 6) is -0.0564. The highest BCUT2D eigenvalue weighted by Gasteiger charge is 2.17. The highest BCUT2D eigenvalue weighted by atomic mass is 16.1. The van der Waals surface area contributed by atoms with Crippen LogP contribution in [0.15, 0.2) is 30.6 Å². The molecule has 6 nitrogen and oxygen atoms in total. The highest BCUT2D eigenvalue weighted by molar-refractivity contribution is 5.95. The van der Waals surface area contributed by atoms with Gasteiger partial charge in [-0.2, -0.15) is 10.2 Å². The van der Waals surface area contributed by atoms with Gasteiger partial charge >= 0.3 is 0 Å². The van der Waals surface area contributed by atoms with E-state index in [2.05, 4.69) is 46.6 Å². The van der Waals surface area contributed by atoms with Gasteiger partial charge in [-0.15, -0.1) is 0 Å². The first-order valence-corrected chi connectivity index (χ1v) is 8.88. The molecule has 25 heavy (non-hydrogen) atoms. The van der Waals surface area contributed by atoms with Crippen molar-refractivity contribution in [2.75, 3.05) is 6.54 Å². The Labute approximate surface area is 147 Å². The number of hydrogen-bond donors (Lipinski definition) is 2. The molecule has 0 spiro atoms. The van der Waals surface area contributed by atoms with Crippen LogP contribution in [-0.2, 0) is 6.42 Å². The lowest BCUT2D eigenvalue weighted by atomic mass is 10.1. The van der Waals surface area contributed by atoms with E-state index in [9.17, 15) is 4.79 Å². The van der Waals surface area contributed by atoms with E-state index in [0.29, 0.717) is 18.2 Å². The Morgan fingerprint density at radius 1 is 1.28 bits per heavy atom. The third-order valence-corrected chi connectivity index (χ3v) is 4.78. The number of H-pyrrole nitrogens is 1. The van der Waals surface area contributed by atoms with Gasteiger partial charge in [0.15, 0.2) is 0 Å². The average Bonchev–Trinajstić information content (AvgIpc) is 3.23. The van der Waals surface area contributed by atoms with E-state index in [1.807, 2.05) is 23.9 Å². The molecule has 0 saturated carbocycles. The van der Waals surface area contributed by atoms with Crippen LogP contribution in [0.5, 0.6) is 0 Å². The van der Waals surface area contributed by atoms with Gasteiger partial charge in [0, 0.05) is 17.6 Å². The first kappa shape index (κ1) is 17.2. The lowest BCUT2D eigenvalue weighted by Gasteiger charge is -2.15. The van der Waals surface area contributed by atoms with Crippen LogP contribution in [0.25, 0.3) is 10.9 Å². The standard InChI is InChI=1S/C19H25N5O/c1-4-16(5-2)24-13(3)17(12-22-24)19(25)20-9-8-14-6-7-18-15(10-14)11-21-23-18/h6-7,10-12,16H,4-5,8-9H2,1-3H3,(H,20,25)(H,21,23). The smallest absolute Gasteiger partial charge is 0.254 e. The minimum Gasteiger partial charge on any atom is -0.352 e. The van der Waals surface area contributed by atoms with Gasteiger partial charge in [0.1, 0.15) is 0 Å². The van der Waals surface area contributed by atoms with Crippen LogP contribution in [0, 0.1) is 6.92 Å². The Morgan fingerprint density at radius 2 is 2.08 bits per heavy atom. The molecular formula is C19H25N5O. The topological polar surface area (TPSA) is 75.6 Å². The molecule has 1 amide bonds. The molecule has 0 saturated heterocycles. The first-order valence-electron chi connectivity index (χ1n) is 8.88. The number of fused-ring (bicyclic) bond motifs is 1. The van der Waals surface area contributed by atoms with Crippen LogP contribution in [-0.4, -0.2) is 32.4 Å². The number of carbonyl (C=O) groups excluding carboxylic acids is 1. The van der Waals surface area contributed by atoms with Gasteiger partial charge < -0.3 is 5.32 Å². The summed E-state index contributed by atoms with van der Waals surface area (Å²) < 4.78 is 1.97. The maximum absolute atomic E-state index is 12.5. The Kier molecular flexibility index (Phi) is 5.16. The number of aromatic nitrogens is 4. The van der Waals surface area contributed by atoms with Crippen LogP contribution >= 0.6 is 0 Å². The SMILES string of the molecule is CCC(CC)n1ncc(C(=O)NCCc2ccc3[nH]ncc3c2)c1C. The van der Waals surface area contributed by atoms with Crippen molar-refractivity contribution in [3.05, 3.63) is 47.4 Å². The van der Waals surface area contributed by atoms with E-state index in [4.69, 9.17) is 0 Å². The van der Waals surface area contributed by atoms with Crippen molar-refractivity contribution in [1.82, 2.24) is 25.3 Å². The number of nitrogens with zero attached hydrogens (tertiary/aromatic N) is 3. The number of rotatable bonds is 7. The summed E-state index contributed by atoms with van der Waals surface area (Å²) in [7, 11) is 0. The fourth-order valence-electron chi connectivity index (χ4n) is 3.21. The third-order valence-electron chi connectivity index (χ3n) is 4.78. The zero-order valence-electron chi connectivity index (χ0n) is 15.0. The predicted molar refractivity (Wildman–Crippen MR) is 98.7 cm³/mol. The molecule has 132 valence electrons. The molecule has 3 rings (SSSR count). The van der Waals surface area contributed by atoms with Gasteiger partial charge in [-0.25, -0.2) is 0 Å². The summed E-state index contributed by atoms with van der Waals surface area (Å²) in [6.07, 6.45) is 6.30. The van der Waals surface area contributed by atoms with Gasteiger partial charge in [0.05, 0.1) is 29.5 Å². The molecular weight excluding hydrogens is 314 g/mol. The molecule has 2 N–H and O–H groups in total. The van der Waals surface area contributed by atoms with Gasteiger partial charge in [0.25, 0.3) is 5.91 Å². The molecule has 0 aliphatic rings. The first-order chi connectivity index (χ1) is 12.1. The zero-order valence-corrected chi connectivity index (χ0v) is 15.0. The molecule has 0 fully saturated rings. The quantitative estimate of drug-likeness (QED) is 0.693. The van der Waals surface area contributed by atoms with Crippen LogP contribution in [0.4, 0.5) is 0 Å². The van der Waals surface area contributed by atoms with Crippen LogP contribution in [0.2, 0.25) is 0 Å². The van der Waals surface area contributed by atoms with Gasteiger partial charge in [0.2, 0.25) is 0 Å². The average molecular weight is 339 g/mol. The molecule has 0 bridgehead atoms. The normalized spacial score (nSPS) is 11.4. The Balaban J connectivity index is 1.60. The third kappa shape index (κ3) is 3.57. The summed E-state index contributed by atoms with van der Waals surface area (Å²) in [5, 5.41) is 15.5. The van der Waals surface area contributed by atoms with Crippen LogP contribution in [0.3, 0.4) is 0 Å². The molecule has 2 aromatic heterocycles. The van der Waals surface area contributed by atoms with Crippen molar-refractivity contribution in [3.63, 3.8) is 0 Å². The van der Waals surface area contributed by atoms with Crippen molar-refractivity contribution in [1.29, 1.82) is 0 Å². The lowest BCUT2D eigenvalue weighted by molar-refractivity contribution is 0.0953. The van der Waals surface area contributed by atoms with E-state index in [1.165, 1.54) is 5.56 Å². The summed E-state index contributed by atoms with van der Waals surface area (Å²) in [6.45, 7) is 6.85. The molecule has 0 unspecified atom stereocenters. The maximum Gasteiger partial charge on any atom is 0.254 e. The van der Waals surface area contributed by atoms with Crippen LogP contribution < -0.4 is 5.32 Å². The molecule has 0 atom stereocenters. The Bertz CT molecular complexity index is 860. The molecule has 2 heterocycles. The second-order valence-electron chi connectivity index (χ2n) is 6.36. The van der Waals surface area contributed by atoms with Gasteiger partial charge in [-0.1, -0.05) is 19.9 Å². The number of carbonyl (C=O) groups is 1. The number of aromatic amines is 1. The van der Waals surface area contributed by atoms with Crippen molar-refractivity contribution >= 4 is 16.8 Å². The van der Waals surface area contributed by atoms with E-state index < -0.39 is 0 Å². The Morgan fingerprint density at radius 3 is 2.84 bits per heavy atom. The van der Waals surface area contributed by atoms with Crippen molar-refractivity contribution in [2.45, 2.75) is 46.1 Å². The molecule has 6 heteroatoms. The molecule has 0 radical (unpaired) electrons. The highest BCUT2D eigenvalue weighted by Crippen LogP contribution is 2.19. The van der Waals surface area contributed by atoms with E-state index >= 15 is 0 Å². The lowest BCUT2D eigenvalue weighted by Crippen LogP contribution is -2.26. The second kappa shape index (κ2) is 7.51. The maximum atomic E-state index is 12.5. The number of amides is 1. The summed E-state index contributed by atoms with van der Waals surface area (Å²) in [5.41, 5.74) is 3.80. The monoisotopic (exact) mass is 339 g/mol. The summed E-state index contributed by atoms with van der Waals surface area (Å²) in [4.78, 5) is 12.5. The minimum absolute atomic E-state index is 0.0564. The van der Waals surface area contributed by atoms with Crippen molar-refractivity contribution in [2.24, 2.45) is 0 Å². The second-order valence-corrected chi connectivity index (χ2v) is 6.36. The molecule has 1 aromatic carbocycles. The molecule has 0 aliphatic carbocycles. The fourth-order valence-corrected chi connectivity index (χ4v) is 3.21. The van der Waals surface area contributed by atoms with E-state index in [0.717, 1.165) is 35.9 Å². The van der Waals surface area contributed by atoms with Crippen molar-refractivity contribution < 1.29 is 4.79 Å². The minimum atomic E-state index is -0.0564. The van der Waals surface area contributed by atoms with Gasteiger partial charge in [-0.3, -0.25) is 14.6 Å². The largest absolute Gasteiger partial charge is 0.352 e. The molecule has 0 aliphatic heterocycles. The number of hydrogen-bond acceptors (Lipinski definition) is 3. The van der Waals surface area contributed by atoms with Crippen molar-refractivity contribution in [3.8, 4) is 0 Å². The fraction of sp³-hybridized carbons (Fsp3) is 0.421. The summed E-state index contributed by atoms with van der Waals surface area (Å²) in [6, 6.07) is 6.52. The van der Waals surface area contributed by atoms with E-state index in [-0.39, 0.29) is 5.91 Å². The van der Waals surface area contributed by atoms with Gasteiger partial charge in [-0.05, 0) is 43.9 Å². The number of nitrogens with one attached hydrogen (secondary N) is 2. The zero-order chi connectivity index (χ0) is 17.8. The molecule has 3 aromatic rings. The predicted octanol–water partition coefficient (Wildman–Crippen LogP) is 3.40. The van der Waals surface area contributed by atoms with E-state index in [1.54, 1.807) is 6.20 Å². The van der Waals surface area contributed by atoms with Crippen LogP contribution in [0.1, 0.15) is 54.3 Å². The Hall–Kier alpha value is -2.63.